The van der Waals surface area contributed by atoms with Crippen LogP contribution in [0.3, 0.4) is 0 Å². The van der Waals surface area contributed by atoms with Crippen LogP contribution in [0.1, 0.15) is 38.5 Å². The van der Waals surface area contributed by atoms with Crippen LogP contribution in [0.2, 0.25) is 0 Å². The second-order valence-electron chi connectivity index (χ2n) is 6.72. The van der Waals surface area contributed by atoms with Crippen molar-refractivity contribution in [1.29, 1.82) is 0 Å². The van der Waals surface area contributed by atoms with E-state index in [0.29, 0.717) is 36.9 Å². The summed E-state index contributed by atoms with van der Waals surface area (Å²) in [6, 6.07) is 6.50. The van der Waals surface area contributed by atoms with Crippen LogP contribution in [0.25, 0.3) is 0 Å². The molecule has 0 spiro atoms. The van der Waals surface area contributed by atoms with Gasteiger partial charge in [0.15, 0.2) is 0 Å². The summed E-state index contributed by atoms with van der Waals surface area (Å²) in [4.78, 5) is 12.5. The Balaban J connectivity index is 1.65. The van der Waals surface area contributed by atoms with E-state index in [-0.39, 0.29) is 11.8 Å². The van der Waals surface area contributed by atoms with E-state index >= 15 is 0 Å². The van der Waals surface area contributed by atoms with Crippen molar-refractivity contribution in [3.05, 3.63) is 24.3 Å². The van der Waals surface area contributed by atoms with Crippen molar-refractivity contribution < 1.29 is 17.9 Å². The van der Waals surface area contributed by atoms with Crippen LogP contribution < -0.4 is 5.32 Å². The zero-order valence-corrected chi connectivity index (χ0v) is 15.3. The third-order valence-corrected chi connectivity index (χ3v) is 6.83. The molecule has 7 heteroatoms. The number of hydrogen-bond donors (Lipinski definition) is 1. The summed E-state index contributed by atoms with van der Waals surface area (Å²) in [6.07, 6.45) is 5.46. The minimum atomic E-state index is -3.45. The molecule has 0 radical (unpaired) electrons. The maximum absolute atomic E-state index is 12.7. The minimum Gasteiger partial charge on any atom is -0.381 e. The third-order valence-electron chi connectivity index (χ3n) is 4.92. The number of carbonyl (C=O) groups excluding carboxylic acids is 1. The van der Waals surface area contributed by atoms with Gasteiger partial charge in [0.05, 0.1) is 4.90 Å². The van der Waals surface area contributed by atoms with E-state index in [0.717, 1.165) is 38.5 Å². The molecule has 1 N–H and O–H groups in total. The van der Waals surface area contributed by atoms with Crippen LogP contribution in [0.5, 0.6) is 0 Å². The maximum atomic E-state index is 12.7. The summed E-state index contributed by atoms with van der Waals surface area (Å²) in [7, 11) is -3.45. The number of hydrogen-bond acceptors (Lipinski definition) is 4. The smallest absolute Gasteiger partial charge is 0.243 e. The molecule has 2 saturated heterocycles. The van der Waals surface area contributed by atoms with Crippen molar-refractivity contribution in [1.82, 2.24) is 4.31 Å². The standard InChI is InChI=1S/C18H26N2O4S/c21-18(15-9-13-24-14-10-15)19-16-5-7-17(8-6-16)25(22,23)20-11-3-1-2-4-12-20/h5-8,15H,1-4,9-14H2,(H,19,21). The fraction of sp³-hybridized carbons (Fsp3) is 0.611. The Labute approximate surface area is 149 Å². The molecule has 2 fully saturated rings. The molecule has 2 heterocycles. The highest BCUT2D eigenvalue weighted by molar-refractivity contribution is 7.89. The monoisotopic (exact) mass is 366 g/mol. The molecule has 0 aliphatic carbocycles. The van der Waals surface area contributed by atoms with Crippen LogP contribution in [0.4, 0.5) is 5.69 Å². The molecular formula is C18H26N2O4S. The highest BCUT2D eigenvalue weighted by Crippen LogP contribution is 2.23. The lowest BCUT2D eigenvalue weighted by Crippen LogP contribution is -2.32. The van der Waals surface area contributed by atoms with Gasteiger partial charge < -0.3 is 10.1 Å². The molecule has 2 aliphatic heterocycles. The van der Waals surface area contributed by atoms with E-state index in [2.05, 4.69) is 5.32 Å². The number of nitrogens with one attached hydrogen (secondary N) is 1. The van der Waals surface area contributed by atoms with E-state index in [1.807, 2.05) is 0 Å². The van der Waals surface area contributed by atoms with Crippen molar-refractivity contribution in [2.45, 2.75) is 43.4 Å². The Morgan fingerprint density at radius 3 is 2.20 bits per heavy atom. The second-order valence-corrected chi connectivity index (χ2v) is 8.66. The van der Waals surface area contributed by atoms with E-state index in [9.17, 15) is 13.2 Å². The molecular weight excluding hydrogens is 340 g/mol. The van der Waals surface area contributed by atoms with Crippen molar-refractivity contribution >= 4 is 21.6 Å². The van der Waals surface area contributed by atoms with Crippen LogP contribution in [-0.2, 0) is 19.6 Å². The molecule has 0 atom stereocenters. The van der Waals surface area contributed by atoms with Crippen LogP contribution >= 0.6 is 0 Å². The number of ether oxygens (including phenoxy) is 1. The van der Waals surface area contributed by atoms with Crippen molar-refractivity contribution in [3.8, 4) is 0 Å². The molecule has 2 aliphatic rings. The van der Waals surface area contributed by atoms with Gasteiger partial charge in [-0.15, -0.1) is 0 Å². The SMILES string of the molecule is O=C(Nc1ccc(S(=O)(=O)N2CCCCCC2)cc1)C1CCOCC1. The Kier molecular flexibility index (Phi) is 6.09. The first-order chi connectivity index (χ1) is 12.1. The van der Waals surface area contributed by atoms with Gasteiger partial charge in [-0.25, -0.2) is 8.42 Å². The molecule has 3 rings (SSSR count). The zero-order chi connectivity index (χ0) is 17.7. The summed E-state index contributed by atoms with van der Waals surface area (Å²) >= 11 is 0. The van der Waals surface area contributed by atoms with Crippen molar-refractivity contribution in [3.63, 3.8) is 0 Å². The lowest BCUT2D eigenvalue weighted by atomic mass is 9.99. The normalized spacial score (nSPS) is 20.8. The third kappa shape index (κ3) is 4.59. The minimum absolute atomic E-state index is 0.0218. The number of amides is 1. The highest BCUT2D eigenvalue weighted by atomic mass is 32.2. The highest BCUT2D eigenvalue weighted by Gasteiger charge is 2.25. The van der Waals surface area contributed by atoms with Gasteiger partial charge in [-0.2, -0.15) is 4.31 Å². The van der Waals surface area contributed by atoms with Crippen LogP contribution in [0, 0.1) is 5.92 Å². The van der Waals surface area contributed by atoms with Gasteiger partial charge in [-0.3, -0.25) is 4.79 Å². The predicted molar refractivity (Wildman–Crippen MR) is 95.8 cm³/mol. The summed E-state index contributed by atoms with van der Waals surface area (Å²) in [5.41, 5.74) is 0.631. The first-order valence-corrected chi connectivity index (χ1v) is 10.5. The van der Waals surface area contributed by atoms with Crippen molar-refractivity contribution in [2.24, 2.45) is 5.92 Å². The number of sulfonamides is 1. The van der Waals surface area contributed by atoms with E-state index in [1.165, 1.54) is 0 Å². The van der Waals surface area contributed by atoms with E-state index in [4.69, 9.17) is 4.74 Å². The van der Waals surface area contributed by atoms with Crippen LogP contribution in [-0.4, -0.2) is 44.9 Å². The average Bonchev–Trinajstić information content (AvgIpc) is 2.93. The first-order valence-electron chi connectivity index (χ1n) is 9.06. The molecule has 0 bridgehead atoms. The Morgan fingerprint density at radius 2 is 1.60 bits per heavy atom. The fourth-order valence-corrected chi connectivity index (χ4v) is 4.86. The second kappa shape index (κ2) is 8.29. The van der Waals surface area contributed by atoms with Crippen molar-refractivity contribution in [2.75, 3.05) is 31.6 Å². The Hall–Kier alpha value is -1.44. The number of benzene rings is 1. The number of rotatable bonds is 4. The van der Waals surface area contributed by atoms with Gasteiger partial charge in [0.2, 0.25) is 15.9 Å². The van der Waals surface area contributed by atoms with Gasteiger partial charge in [0.25, 0.3) is 0 Å². The number of carbonyl (C=O) groups is 1. The quantitative estimate of drug-likeness (QED) is 0.889. The van der Waals surface area contributed by atoms with E-state index in [1.54, 1.807) is 28.6 Å². The molecule has 0 saturated carbocycles. The molecule has 1 aromatic rings. The molecule has 0 aromatic heterocycles. The summed E-state index contributed by atoms with van der Waals surface area (Å²) in [5, 5.41) is 2.88. The summed E-state index contributed by atoms with van der Waals surface area (Å²) in [6.45, 7) is 2.41. The van der Waals surface area contributed by atoms with Gasteiger partial charge >= 0.3 is 0 Å². The maximum Gasteiger partial charge on any atom is 0.243 e. The zero-order valence-electron chi connectivity index (χ0n) is 14.4. The van der Waals surface area contributed by atoms with Crippen LogP contribution in [0.15, 0.2) is 29.2 Å². The fourth-order valence-electron chi connectivity index (χ4n) is 3.35. The summed E-state index contributed by atoms with van der Waals surface area (Å²) in [5.74, 6) is -0.0549. The van der Waals surface area contributed by atoms with Gasteiger partial charge in [-0.1, -0.05) is 12.8 Å². The van der Waals surface area contributed by atoms with E-state index < -0.39 is 10.0 Å². The lowest BCUT2D eigenvalue weighted by Gasteiger charge is -2.22. The van der Waals surface area contributed by atoms with Gasteiger partial charge in [0, 0.05) is 37.9 Å². The molecule has 1 aromatic carbocycles. The Morgan fingerprint density at radius 1 is 1.00 bits per heavy atom. The number of nitrogens with zero attached hydrogens (tertiary/aromatic N) is 1. The Bertz CT molecular complexity index is 674. The topological polar surface area (TPSA) is 75.7 Å². The molecule has 0 unspecified atom stereocenters. The molecule has 138 valence electrons. The van der Waals surface area contributed by atoms with Gasteiger partial charge in [-0.05, 0) is 49.9 Å². The van der Waals surface area contributed by atoms with Gasteiger partial charge in [0.1, 0.15) is 0 Å². The first kappa shape index (κ1) is 18.4. The summed E-state index contributed by atoms with van der Waals surface area (Å²) < 4.78 is 32.3. The predicted octanol–water partition coefficient (Wildman–Crippen LogP) is 2.62. The number of anilines is 1. The molecule has 25 heavy (non-hydrogen) atoms. The average molecular weight is 366 g/mol. The lowest BCUT2D eigenvalue weighted by molar-refractivity contribution is -0.122. The molecule has 1 amide bonds. The molecule has 6 nitrogen and oxygen atoms in total. The largest absolute Gasteiger partial charge is 0.381 e.